The molecule has 0 saturated heterocycles. The number of methoxy groups -OCH3 is 2. The number of benzene rings is 1. The molecule has 3 rings (SSSR count). The predicted molar refractivity (Wildman–Crippen MR) is 123 cm³/mol. The van der Waals surface area contributed by atoms with Crippen molar-refractivity contribution in [3.63, 3.8) is 0 Å². The van der Waals surface area contributed by atoms with Gasteiger partial charge < -0.3 is 19.7 Å². The zero-order valence-corrected chi connectivity index (χ0v) is 19.8. The molecule has 1 N–H and O–H groups in total. The van der Waals surface area contributed by atoms with E-state index in [1.807, 2.05) is 0 Å². The van der Waals surface area contributed by atoms with E-state index >= 15 is 0 Å². The number of pyridine rings is 1. The molecule has 1 aliphatic carbocycles. The van der Waals surface area contributed by atoms with Gasteiger partial charge in [0.15, 0.2) is 11.5 Å². The van der Waals surface area contributed by atoms with Gasteiger partial charge in [0.25, 0.3) is 0 Å². The van der Waals surface area contributed by atoms with Crippen molar-refractivity contribution in [2.24, 2.45) is 0 Å². The second-order valence-corrected chi connectivity index (χ2v) is 8.46. The van der Waals surface area contributed by atoms with Crippen LogP contribution in [-0.2, 0) is 16.0 Å². The second kappa shape index (κ2) is 11.9. The van der Waals surface area contributed by atoms with E-state index in [4.69, 9.17) is 9.47 Å². The zero-order chi connectivity index (χ0) is 25.4. The minimum atomic E-state index is -5.14. The Kier molecular flexibility index (Phi) is 8.95. The number of ether oxygens (including phenoxy) is 2. The highest BCUT2D eigenvalue weighted by atomic mass is 19.4. The lowest BCUT2D eigenvalue weighted by molar-refractivity contribution is -0.188. The summed E-state index contributed by atoms with van der Waals surface area (Å²) in [7, 11) is 2.93. The summed E-state index contributed by atoms with van der Waals surface area (Å²) in [5.74, 6) is -1.81. The van der Waals surface area contributed by atoms with Crippen LogP contribution in [0.4, 0.5) is 13.2 Å². The summed E-state index contributed by atoms with van der Waals surface area (Å²) < 4.78 is 51.5. The number of nitrogens with one attached hydrogen (secondary N) is 1. The molecule has 1 aliphatic rings. The van der Waals surface area contributed by atoms with Crippen molar-refractivity contribution in [3.8, 4) is 11.5 Å². The van der Waals surface area contributed by atoms with Gasteiger partial charge in [-0.1, -0.05) is 25.3 Å². The van der Waals surface area contributed by atoms with Gasteiger partial charge in [0.1, 0.15) is 6.04 Å². The van der Waals surface area contributed by atoms with Gasteiger partial charge in [-0.2, -0.15) is 13.2 Å². The number of carbonyl (C=O) groups is 2. The fourth-order valence-corrected chi connectivity index (χ4v) is 4.34. The maximum Gasteiger partial charge on any atom is 0.471 e. The maximum absolute atomic E-state index is 13.7. The van der Waals surface area contributed by atoms with E-state index in [1.54, 1.807) is 18.2 Å². The summed E-state index contributed by atoms with van der Waals surface area (Å²) >= 11 is 0. The van der Waals surface area contributed by atoms with Crippen molar-refractivity contribution in [2.75, 3.05) is 20.8 Å². The van der Waals surface area contributed by atoms with E-state index < -0.39 is 24.0 Å². The summed E-state index contributed by atoms with van der Waals surface area (Å²) in [5, 5.41) is 2.88. The maximum atomic E-state index is 13.7. The molecule has 1 aromatic heterocycles. The second-order valence-electron chi connectivity index (χ2n) is 8.46. The number of amides is 2. The molecule has 2 amide bonds. The molecule has 1 aromatic carbocycles. The first-order chi connectivity index (χ1) is 16.7. The summed E-state index contributed by atoms with van der Waals surface area (Å²) in [6, 6.07) is 6.29. The first kappa shape index (κ1) is 26.3. The highest BCUT2D eigenvalue weighted by Gasteiger charge is 2.46. The molecular weight excluding hydrogens is 463 g/mol. The highest BCUT2D eigenvalue weighted by Crippen LogP contribution is 2.31. The van der Waals surface area contributed by atoms with Crippen LogP contribution in [0.15, 0.2) is 42.7 Å². The number of hydrogen-bond acceptors (Lipinski definition) is 5. The highest BCUT2D eigenvalue weighted by molar-refractivity contribution is 5.91. The smallest absolute Gasteiger partial charge is 0.471 e. The Labute approximate surface area is 202 Å². The third-order valence-corrected chi connectivity index (χ3v) is 6.13. The molecule has 1 atom stereocenters. The van der Waals surface area contributed by atoms with Crippen LogP contribution in [0.1, 0.15) is 49.3 Å². The lowest BCUT2D eigenvalue weighted by Gasteiger charge is -2.33. The minimum Gasteiger partial charge on any atom is -0.493 e. The normalized spacial score (nSPS) is 15.2. The van der Waals surface area contributed by atoms with Crippen LogP contribution < -0.4 is 14.8 Å². The van der Waals surface area contributed by atoms with Crippen LogP contribution in [0.5, 0.6) is 11.5 Å². The van der Waals surface area contributed by atoms with Gasteiger partial charge in [-0.15, -0.1) is 0 Å². The van der Waals surface area contributed by atoms with E-state index in [0.29, 0.717) is 22.0 Å². The monoisotopic (exact) mass is 493 g/mol. The van der Waals surface area contributed by atoms with E-state index in [1.165, 1.54) is 38.7 Å². The van der Waals surface area contributed by atoms with Crippen molar-refractivity contribution < 1.29 is 32.2 Å². The van der Waals surface area contributed by atoms with Crippen LogP contribution in [0.3, 0.4) is 0 Å². The van der Waals surface area contributed by atoms with Gasteiger partial charge in [0.05, 0.1) is 14.2 Å². The number of aromatic nitrogens is 1. The Hall–Kier alpha value is -3.30. The van der Waals surface area contributed by atoms with Crippen molar-refractivity contribution >= 4 is 11.8 Å². The van der Waals surface area contributed by atoms with Crippen molar-refractivity contribution in [1.82, 2.24) is 15.2 Å². The van der Waals surface area contributed by atoms with Crippen LogP contribution in [0.25, 0.3) is 0 Å². The minimum absolute atomic E-state index is 0.0699. The van der Waals surface area contributed by atoms with Gasteiger partial charge in [0.2, 0.25) is 5.91 Å². The predicted octanol–water partition coefficient (Wildman–Crippen LogP) is 4.22. The number of nitrogens with zero attached hydrogens (tertiary/aromatic N) is 2. The molecule has 0 bridgehead atoms. The lowest BCUT2D eigenvalue weighted by atomic mass is 9.94. The Balaban J connectivity index is 1.92. The summed E-state index contributed by atoms with van der Waals surface area (Å²) in [5.41, 5.74) is 0.891. The van der Waals surface area contributed by atoms with E-state index in [-0.39, 0.29) is 24.6 Å². The molecule has 1 heterocycles. The molecule has 0 aliphatic heterocycles. The van der Waals surface area contributed by atoms with Gasteiger partial charge in [-0.05, 0) is 54.7 Å². The van der Waals surface area contributed by atoms with Gasteiger partial charge in [-0.25, -0.2) is 0 Å². The number of halogens is 3. The number of carbonyl (C=O) groups excluding carboxylic acids is 2. The SMILES string of the molecule is COc1ccc(CCN(C(=O)C(F)(F)F)[C@H](C(=O)NC2CCCCC2)c2ccncc2)cc1OC. The number of hydrogen-bond donors (Lipinski definition) is 1. The molecule has 190 valence electrons. The molecule has 0 radical (unpaired) electrons. The first-order valence-corrected chi connectivity index (χ1v) is 11.5. The Morgan fingerprint density at radius 1 is 1.06 bits per heavy atom. The fraction of sp³-hybridized carbons (Fsp3) is 0.480. The average Bonchev–Trinajstić information content (AvgIpc) is 2.86. The lowest BCUT2D eigenvalue weighted by Crippen LogP contribution is -2.51. The van der Waals surface area contributed by atoms with Crippen molar-refractivity contribution in [3.05, 3.63) is 53.9 Å². The largest absolute Gasteiger partial charge is 0.493 e. The molecule has 7 nitrogen and oxygen atoms in total. The standard InChI is InChI=1S/C25H30F3N3O4/c1-34-20-9-8-17(16-21(20)35-2)12-15-31(24(33)25(26,27)28)22(18-10-13-29-14-11-18)23(32)30-19-6-4-3-5-7-19/h8-11,13-14,16,19,22H,3-7,12,15H2,1-2H3,(H,30,32)/t22-/m0/s1. The quantitative estimate of drug-likeness (QED) is 0.566. The number of alkyl halides is 3. The molecule has 2 aromatic rings. The van der Waals surface area contributed by atoms with E-state index in [9.17, 15) is 22.8 Å². The third-order valence-electron chi connectivity index (χ3n) is 6.13. The molecule has 1 fully saturated rings. The van der Waals surface area contributed by atoms with E-state index in [0.717, 1.165) is 32.1 Å². The van der Waals surface area contributed by atoms with Crippen LogP contribution in [0.2, 0.25) is 0 Å². The topological polar surface area (TPSA) is 80.8 Å². The number of rotatable bonds is 9. The van der Waals surface area contributed by atoms with Gasteiger partial charge in [0, 0.05) is 25.0 Å². The molecule has 1 saturated carbocycles. The third kappa shape index (κ3) is 6.86. The zero-order valence-electron chi connectivity index (χ0n) is 19.8. The Morgan fingerprint density at radius 3 is 2.31 bits per heavy atom. The molecule has 10 heteroatoms. The fourth-order valence-electron chi connectivity index (χ4n) is 4.34. The van der Waals surface area contributed by atoms with Crippen LogP contribution in [0, 0.1) is 0 Å². The van der Waals surface area contributed by atoms with Crippen molar-refractivity contribution in [1.29, 1.82) is 0 Å². The Bertz CT molecular complexity index is 995. The molecule has 0 spiro atoms. The molecule has 0 unspecified atom stereocenters. The summed E-state index contributed by atoms with van der Waals surface area (Å²) in [6.07, 6.45) is 2.16. The molecular formula is C25H30F3N3O4. The van der Waals surface area contributed by atoms with Crippen LogP contribution in [-0.4, -0.2) is 54.7 Å². The van der Waals surface area contributed by atoms with Crippen molar-refractivity contribution in [2.45, 2.75) is 56.8 Å². The summed E-state index contributed by atoms with van der Waals surface area (Å²) in [4.78, 5) is 30.4. The van der Waals surface area contributed by atoms with Gasteiger partial charge in [-0.3, -0.25) is 14.6 Å². The molecule has 35 heavy (non-hydrogen) atoms. The van der Waals surface area contributed by atoms with Gasteiger partial charge >= 0.3 is 12.1 Å². The Morgan fingerprint density at radius 2 is 1.71 bits per heavy atom. The average molecular weight is 494 g/mol. The summed E-state index contributed by atoms with van der Waals surface area (Å²) in [6.45, 7) is -0.334. The van der Waals surface area contributed by atoms with E-state index in [2.05, 4.69) is 10.3 Å². The first-order valence-electron chi connectivity index (χ1n) is 11.5. The van der Waals surface area contributed by atoms with Crippen LogP contribution >= 0.6 is 0 Å².